The molecular formula is C21H20FN3O4S. The fraction of sp³-hybridized carbons (Fsp3) is 0.381. The van der Waals surface area contributed by atoms with Crippen molar-refractivity contribution in [2.24, 2.45) is 5.92 Å². The lowest BCUT2D eigenvalue weighted by Gasteiger charge is -2.33. The number of hydrogen-bond acceptors (Lipinski definition) is 6. The lowest BCUT2D eigenvalue weighted by atomic mass is 9.88. The molecule has 0 radical (unpaired) electrons. The number of hydrogen-bond donors (Lipinski definition) is 1. The first-order valence-electron chi connectivity index (χ1n) is 9.65. The molecule has 1 saturated heterocycles. The second-order valence-corrected chi connectivity index (χ2v) is 8.49. The van der Waals surface area contributed by atoms with Crippen LogP contribution >= 0.6 is 11.3 Å². The zero-order chi connectivity index (χ0) is 21.1. The first-order chi connectivity index (χ1) is 14.5. The molecule has 1 N–H and O–H groups in total. The summed E-state index contributed by atoms with van der Waals surface area (Å²) < 4.78 is 23.1. The number of nitrogens with one attached hydrogen (secondary N) is 1. The quantitative estimate of drug-likeness (QED) is 0.730. The van der Waals surface area contributed by atoms with E-state index in [0.717, 1.165) is 22.4 Å². The minimum Gasteiger partial charge on any atom is -0.472 e. The molecule has 30 heavy (non-hydrogen) atoms. The van der Waals surface area contributed by atoms with Crippen LogP contribution in [0.15, 0.2) is 29.1 Å². The van der Waals surface area contributed by atoms with E-state index >= 15 is 0 Å². The maximum absolute atomic E-state index is 12.9. The Morgan fingerprint density at radius 2 is 2.30 bits per heavy atom. The molecule has 0 saturated carbocycles. The summed E-state index contributed by atoms with van der Waals surface area (Å²) in [5.41, 5.74) is 2.24. The highest BCUT2D eigenvalue weighted by molar-refractivity contribution is 7.16. The van der Waals surface area contributed by atoms with Gasteiger partial charge < -0.3 is 19.4 Å². The van der Waals surface area contributed by atoms with Gasteiger partial charge in [0.2, 0.25) is 5.91 Å². The predicted octanol–water partition coefficient (Wildman–Crippen LogP) is 3.76. The smallest absolute Gasteiger partial charge is 0.409 e. The molecule has 3 heterocycles. The number of furan rings is 1. The van der Waals surface area contributed by atoms with E-state index in [4.69, 9.17) is 9.15 Å². The first-order valence-corrected chi connectivity index (χ1v) is 10.5. The Bertz CT molecular complexity index is 1000. The summed E-state index contributed by atoms with van der Waals surface area (Å²) in [5, 5.41) is 12.9. The van der Waals surface area contributed by atoms with Crippen molar-refractivity contribution in [2.75, 3.05) is 25.0 Å². The summed E-state index contributed by atoms with van der Waals surface area (Å²) in [6, 6.07) is 3.94. The highest BCUT2D eigenvalue weighted by Gasteiger charge is 2.32. The molecule has 0 bridgehead atoms. The van der Waals surface area contributed by atoms with Crippen molar-refractivity contribution in [1.29, 1.82) is 5.26 Å². The van der Waals surface area contributed by atoms with Crippen LogP contribution in [-0.4, -0.2) is 42.8 Å². The van der Waals surface area contributed by atoms with Gasteiger partial charge in [0.15, 0.2) is 0 Å². The molecule has 0 spiro atoms. The normalized spacial score (nSPS) is 18.5. The molecule has 1 unspecified atom stereocenters. The minimum atomic E-state index is -0.950. The molecule has 2 aromatic heterocycles. The minimum absolute atomic E-state index is 0.0994. The van der Waals surface area contributed by atoms with Gasteiger partial charge in [-0.1, -0.05) is 0 Å². The second kappa shape index (κ2) is 8.71. The van der Waals surface area contributed by atoms with E-state index in [1.54, 1.807) is 12.1 Å². The average molecular weight is 429 g/mol. The van der Waals surface area contributed by atoms with Gasteiger partial charge in [-0.15, -0.1) is 11.3 Å². The van der Waals surface area contributed by atoms with Gasteiger partial charge in [-0.2, -0.15) is 5.26 Å². The molecule has 4 rings (SSSR count). The van der Waals surface area contributed by atoms with E-state index in [9.17, 15) is 19.2 Å². The van der Waals surface area contributed by atoms with Gasteiger partial charge >= 0.3 is 6.09 Å². The predicted molar refractivity (Wildman–Crippen MR) is 109 cm³/mol. The third-order valence-corrected chi connectivity index (χ3v) is 6.39. The molecule has 2 amide bonds. The van der Waals surface area contributed by atoms with Crippen LogP contribution in [0.4, 0.5) is 14.2 Å². The van der Waals surface area contributed by atoms with Crippen LogP contribution in [0, 0.1) is 17.2 Å². The number of halogens is 1. The summed E-state index contributed by atoms with van der Waals surface area (Å²) in [4.78, 5) is 26.5. The number of nitrogens with zero attached hydrogens (tertiary/aromatic N) is 2. The van der Waals surface area contributed by atoms with Crippen LogP contribution in [0.5, 0.6) is 0 Å². The number of carbonyl (C=O) groups excluding carboxylic acids is 2. The highest BCUT2D eigenvalue weighted by atomic mass is 32.1. The summed E-state index contributed by atoms with van der Waals surface area (Å²) >= 11 is 1.39. The summed E-state index contributed by atoms with van der Waals surface area (Å²) in [5.74, 6) is -0.184. The molecule has 1 atom stereocenters. The van der Waals surface area contributed by atoms with Gasteiger partial charge in [0, 0.05) is 16.5 Å². The monoisotopic (exact) mass is 429 g/mol. The topological polar surface area (TPSA) is 95.6 Å². The van der Waals surface area contributed by atoms with E-state index in [-0.39, 0.29) is 31.5 Å². The summed E-state index contributed by atoms with van der Waals surface area (Å²) in [6.07, 6.45) is 6.79. The number of ether oxygens (including phenoxy) is 1. The van der Waals surface area contributed by atoms with Crippen LogP contribution in [0.1, 0.15) is 28.0 Å². The Morgan fingerprint density at radius 3 is 3.00 bits per heavy atom. The number of anilines is 1. The molecule has 0 aromatic carbocycles. The van der Waals surface area contributed by atoms with E-state index in [2.05, 4.69) is 11.4 Å². The molecule has 1 aliphatic carbocycles. The highest BCUT2D eigenvalue weighted by Crippen LogP contribution is 2.39. The Labute approximate surface area is 176 Å². The van der Waals surface area contributed by atoms with Crippen LogP contribution in [0.2, 0.25) is 0 Å². The molecule has 1 aliphatic heterocycles. The van der Waals surface area contributed by atoms with Crippen molar-refractivity contribution in [1.82, 2.24) is 4.90 Å². The molecule has 156 valence electrons. The van der Waals surface area contributed by atoms with Gasteiger partial charge in [-0.25, -0.2) is 9.18 Å². The van der Waals surface area contributed by atoms with Gasteiger partial charge in [0.05, 0.1) is 37.8 Å². The Morgan fingerprint density at radius 1 is 1.47 bits per heavy atom. The lowest BCUT2D eigenvalue weighted by molar-refractivity contribution is -0.111. The number of rotatable bonds is 5. The maximum Gasteiger partial charge on any atom is 0.409 e. The van der Waals surface area contributed by atoms with E-state index in [1.807, 2.05) is 0 Å². The summed E-state index contributed by atoms with van der Waals surface area (Å²) in [7, 11) is 0. The number of alkyl halides is 1. The Kier molecular flexibility index (Phi) is 5.86. The van der Waals surface area contributed by atoms with Crippen molar-refractivity contribution in [3.8, 4) is 6.07 Å². The van der Waals surface area contributed by atoms with Crippen molar-refractivity contribution >= 4 is 34.4 Å². The first kappa shape index (κ1) is 20.2. The van der Waals surface area contributed by atoms with Crippen LogP contribution in [-0.2, 0) is 22.4 Å². The van der Waals surface area contributed by atoms with Gasteiger partial charge in [0.1, 0.15) is 17.2 Å². The van der Waals surface area contributed by atoms with Crippen LogP contribution < -0.4 is 5.32 Å². The Hall–Kier alpha value is -3.12. The Balaban J connectivity index is 1.36. The van der Waals surface area contributed by atoms with Crippen LogP contribution in [0.25, 0.3) is 6.08 Å². The van der Waals surface area contributed by atoms with Crippen LogP contribution in [0.3, 0.4) is 0 Å². The number of amides is 2. The van der Waals surface area contributed by atoms with Crippen molar-refractivity contribution in [3.05, 3.63) is 46.2 Å². The van der Waals surface area contributed by atoms with E-state index < -0.39 is 12.3 Å². The summed E-state index contributed by atoms with van der Waals surface area (Å²) in [6.45, 7) is 0.463. The van der Waals surface area contributed by atoms with E-state index in [0.29, 0.717) is 23.4 Å². The zero-order valence-electron chi connectivity index (χ0n) is 16.1. The van der Waals surface area contributed by atoms with Gasteiger partial charge in [-0.3, -0.25) is 4.79 Å². The third-order valence-electron chi connectivity index (χ3n) is 5.22. The lowest BCUT2D eigenvalue weighted by Crippen LogP contribution is -2.51. The fourth-order valence-electron chi connectivity index (χ4n) is 3.55. The zero-order valence-corrected chi connectivity index (χ0v) is 16.9. The molecule has 7 nitrogen and oxygen atoms in total. The molecule has 1 fully saturated rings. The third kappa shape index (κ3) is 4.39. The van der Waals surface area contributed by atoms with E-state index in [1.165, 1.54) is 34.8 Å². The largest absolute Gasteiger partial charge is 0.472 e. The molecule has 2 aromatic rings. The standard InChI is InChI=1S/C21H20FN3O4S/c22-15-9-25(10-15)21(27)29-12-14-1-3-16-17(8-23)20(30-18(16)7-14)24-19(26)4-2-13-5-6-28-11-13/h2,4-6,11,14-15H,1,3,7,9-10,12H2,(H,24,26). The van der Waals surface area contributed by atoms with Crippen molar-refractivity contribution in [3.63, 3.8) is 0 Å². The second-order valence-electron chi connectivity index (χ2n) is 7.39. The number of carbonyl (C=O) groups is 2. The SMILES string of the molecule is N#Cc1c(NC(=O)C=Cc2ccoc2)sc2c1CCC(COC(=O)N1CC(F)C1)C2. The molecule has 2 aliphatic rings. The number of thiophene rings is 1. The van der Waals surface area contributed by atoms with Gasteiger partial charge in [-0.05, 0) is 42.9 Å². The maximum atomic E-state index is 12.9. The average Bonchev–Trinajstić information content (AvgIpc) is 3.34. The number of likely N-dealkylation sites (tertiary alicyclic amines) is 1. The fourth-order valence-corrected chi connectivity index (χ4v) is 4.87. The molecule has 9 heteroatoms. The van der Waals surface area contributed by atoms with Crippen molar-refractivity contribution < 1.29 is 23.1 Å². The van der Waals surface area contributed by atoms with Gasteiger partial charge in [0.25, 0.3) is 0 Å². The molecular weight excluding hydrogens is 409 g/mol. The number of nitriles is 1. The van der Waals surface area contributed by atoms with Crippen molar-refractivity contribution in [2.45, 2.75) is 25.4 Å². The number of fused-ring (bicyclic) bond motifs is 1.